The Morgan fingerprint density at radius 1 is 1.22 bits per heavy atom. The Kier molecular flexibility index (Phi) is 3.97. The standard InChI is InChI=1S/C16H15F2N3OS/c1-9(2)21-16(22)10(3)15-19-14(6-7-20(15)21)23-13-5-4-11(17)8-12(13)18/h4-9H,1-3H3. The normalized spacial score (nSPS) is 11.6. The summed E-state index contributed by atoms with van der Waals surface area (Å²) < 4.78 is 30.0. The van der Waals surface area contributed by atoms with Crippen LogP contribution in [0.3, 0.4) is 0 Å². The molecule has 0 atom stereocenters. The number of halogens is 2. The van der Waals surface area contributed by atoms with Crippen molar-refractivity contribution in [2.75, 3.05) is 0 Å². The molecule has 2 heterocycles. The van der Waals surface area contributed by atoms with E-state index in [1.165, 1.54) is 12.1 Å². The van der Waals surface area contributed by atoms with Gasteiger partial charge in [-0.15, -0.1) is 0 Å². The number of nitrogens with zero attached hydrogens (tertiary/aromatic N) is 3. The van der Waals surface area contributed by atoms with Crippen molar-refractivity contribution in [3.8, 4) is 0 Å². The summed E-state index contributed by atoms with van der Waals surface area (Å²) in [5.74, 6) is -1.25. The van der Waals surface area contributed by atoms with Crippen LogP contribution in [0.2, 0.25) is 0 Å². The van der Waals surface area contributed by atoms with Gasteiger partial charge in [0.2, 0.25) is 0 Å². The van der Waals surface area contributed by atoms with Crippen LogP contribution >= 0.6 is 11.8 Å². The van der Waals surface area contributed by atoms with Crippen LogP contribution < -0.4 is 5.56 Å². The van der Waals surface area contributed by atoms with E-state index in [0.717, 1.165) is 17.8 Å². The van der Waals surface area contributed by atoms with Gasteiger partial charge in [-0.3, -0.25) is 4.79 Å². The van der Waals surface area contributed by atoms with Crippen molar-refractivity contribution < 1.29 is 8.78 Å². The van der Waals surface area contributed by atoms with Crippen LogP contribution in [0.25, 0.3) is 5.65 Å². The quantitative estimate of drug-likeness (QED) is 0.683. The second-order valence-electron chi connectivity index (χ2n) is 5.48. The predicted molar refractivity (Wildman–Crippen MR) is 85.1 cm³/mol. The third kappa shape index (κ3) is 2.76. The molecule has 0 unspecified atom stereocenters. The van der Waals surface area contributed by atoms with Crippen molar-refractivity contribution in [1.29, 1.82) is 0 Å². The average molecular weight is 335 g/mol. The topological polar surface area (TPSA) is 39.3 Å². The zero-order valence-electron chi connectivity index (χ0n) is 12.9. The molecule has 0 N–H and O–H groups in total. The molecule has 4 nitrogen and oxygen atoms in total. The Hall–Kier alpha value is -2.15. The molecule has 0 saturated carbocycles. The first-order valence-electron chi connectivity index (χ1n) is 7.12. The molecule has 0 amide bonds. The van der Waals surface area contributed by atoms with Gasteiger partial charge in [-0.25, -0.2) is 23.0 Å². The van der Waals surface area contributed by atoms with Gasteiger partial charge in [-0.1, -0.05) is 11.8 Å². The zero-order chi connectivity index (χ0) is 16.7. The summed E-state index contributed by atoms with van der Waals surface area (Å²) >= 11 is 1.09. The van der Waals surface area contributed by atoms with E-state index >= 15 is 0 Å². The van der Waals surface area contributed by atoms with E-state index in [-0.39, 0.29) is 16.5 Å². The van der Waals surface area contributed by atoms with Crippen molar-refractivity contribution in [1.82, 2.24) is 14.2 Å². The summed E-state index contributed by atoms with van der Waals surface area (Å²) in [4.78, 5) is 17.0. The Morgan fingerprint density at radius 3 is 2.61 bits per heavy atom. The van der Waals surface area contributed by atoms with Crippen LogP contribution in [-0.4, -0.2) is 14.2 Å². The Labute approximate surface area is 135 Å². The lowest BCUT2D eigenvalue weighted by Crippen LogP contribution is -2.22. The fourth-order valence-corrected chi connectivity index (χ4v) is 3.18. The third-order valence-electron chi connectivity index (χ3n) is 3.49. The van der Waals surface area contributed by atoms with Gasteiger partial charge in [0.25, 0.3) is 5.56 Å². The SMILES string of the molecule is Cc1c(=O)n(C(C)C)n2ccc(Sc3ccc(F)cc3F)nc12. The summed E-state index contributed by atoms with van der Waals surface area (Å²) in [6.45, 7) is 5.56. The van der Waals surface area contributed by atoms with Crippen LogP contribution in [0.4, 0.5) is 8.78 Å². The molecular weight excluding hydrogens is 320 g/mol. The van der Waals surface area contributed by atoms with E-state index in [1.807, 2.05) is 13.8 Å². The lowest BCUT2D eigenvalue weighted by Gasteiger charge is -2.10. The minimum atomic E-state index is -0.634. The van der Waals surface area contributed by atoms with Gasteiger partial charge in [0.1, 0.15) is 16.7 Å². The highest BCUT2D eigenvalue weighted by Crippen LogP contribution is 2.29. The van der Waals surface area contributed by atoms with Crippen molar-refractivity contribution in [2.45, 2.75) is 36.7 Å². The highest BCUT2D eigenvalue weighted by molar-refractivity contribution is 7.99. The molecule has 0 fully saturated rings. The Balaban J connectivity index is 2.07. The van der Waals surface area contributed by atoms with Crippen LogP contribution in [0.1, 0.15) is 25.5 Å². The van der Waals surface area contributed by atoms with Crippen molar-refractivity contribution in [3.63, 3.8) is 0 Å². The Morgan fingerprint density at radius 2 is 1.96 bits per heavy atom. The zero-order valence-corrected chi connectivity index (χ0v) is 13.7. The number of fused-ring (bicyclic) bond motifs is 1. The van der Waals surface area contributed by atoms with Gasteiger partial charge < -0.3 is 0 Å². The van der Waals surface area contributed by atoms with E-state index in [9.17, 15) is 13.6 Å². The van der Waals surface area contributed by atoms with E-state index in [1.54, 1.807) is 28.4 Å². The van der Waals surface area contributed by atoms with E-state index in [4.69, 9.17) is 0 Å². The minimum Gasteiger partial charge on any atom is -0.267 e. The van der Waals surface area contributed by atoms with E-state index in [2.05, 4.69) is 4.98 Å². The van der Waals surface area contributed by atoms with Gasteiger partial charge >= 0.3 is 0 Å². The monoisotopic (exact) mass is 335 g/mol. The van der Waals surface area contributed by atoms with Crippen LogP contribution in [0, 0.1) is 18.6 Å². The third-order valence-corrected chi connectivity index (χ3v) is 4.47. The summed E-state index contributed by atoms with van der Waals surface area (Å²) in [6, 6.07) is 5.12. The molecule has 0 aliphatic heterocycles. The fourth-order valence-electron chi connectivity index (χ4n) is 2.40. The smallest absolute Gasteiger partial charge is 0.267 e. The maximum absolute atomic E-state index is 13.8. The maximum atomic E-state index is 13.8. The summed E-state index contributed by atoms with van der Waals surface area (Å²) in [7, 11) is 0. The summed E-state index contributed by atoms with van der Waals surface area (Å²) in [6.07, 6.45) is 1.74. The van der Waals surface area contributed by atoms with Crippen molar-refractivity contribution in [2.24, 2.45) is 0 Å². The maximum Gasteiger partial charge on any atom is 0.272 e. The van der Waals surface area contributed by atoms with E-state index < -0.39 is 11.6 Å². The van der Waals surface area contributed by atoms with Gasteiger partial charge in [0.15, 0.2) is 5.65 Å². The number of benzene rings is 1. The highest BCUT2D eigenvalue weighted by atomic mass is 32.2. The number of hydrogen-bond donors (Lipinski definition) is 0. The largest absolute Gasteiger partial charge is 0.272 e. The van der Waals surface area contributed by atoms with E-state index in [0.29, 0.717) is 16.2 Å². The lowest BCUT2D eigenvalue weighted by molar-refractivity contribution is 0.486. The molecule has 0 saturated heterocycles. The van der Waals surface area contributed by atoms with Gasteiger partial charge in [0.05, 0.1) is 5.56 Å². The number of aryl methyl sites for hydroxylation is 1. The number of aromatic nitrogens is 3. The van der Waals surface area contributed by atoms with Gasteiger partial charge in [0, 0.05) is 23.2 Å². The first-order chi connectivity index (χ1) is 10.9. The van der Waals surface area contributed by atoms with Crippen LogP contribution in [0.15, 0.2) is 45.2 Å². The van der Waals surface area contributed by atoms with Crippen LogP contribution in [0.5, 0.6) is 0 Å². The van der Waals surface area contributed by atoms with Gasteiger partial charge in [-0.05, 0) is 39.0 Å². The molecular formula is C16H15F2N3OS. The molecule has 0 aliphatic rings. The first-order valence-corrected chi connectivity index (χ1v) is 7.93. The molecule has 3 aromatic rings. The number of hydrogen-bond acceptors (Lipinski definition) is 3. The summed E-state index contributed by atoms with van der Waals surface area (Å²) in [5, 5.41) is 0.541. The molecule has 0 radical (unpaired) electrons. The molecule has 120 valence electrons. The number of rotatable bonds is 3. The Bertz CT molecular complexity index is 946. The molecule has 3 rings (SSSR count). The second kappa shape index (κ2) is 5.81. The minimum absolute atomic E-state index is 0.00135. The predicted octanol–water partition coefficient (Wildman–Crippen LogP) is 3.81. The fraction of sp³-hybridized carbons (Fsp3) is 0.250. The molecule has 7 heteroatoms. The van der Waals surface area contributed by atoms with Crippen molar-refractivity contribution in [3.05, 3.63) is 58.0 Å². The molecule has 0 spiro atoms. The average Bonchev–Trinajstić information content (AvgIpc) is 2.74. The second-order valence-corrected chi connectivity index (χ2v) is 6.54. The van der Waals surface area contributed by atoms with Crippen molar-refractivity contribution >= 4 is 17.4 Å². The molecule has 0 bridgehead atoms. The summed E-state index contributed by atoms with van der Waals surface area (Å²) in [5.41, 5.74) is 0.986. The highest BCUT2D eigenvalue weighted by Gasteiger charge is 2.15. The molecule has 1 aromatic carbocycles. The van der Waals surface area contributed by atoms with Crippen LogP contribution in [-0.2, 0) is 0 Å². The lowest BCUT2D eigenvalue weighted by atomic mass is 10.3. The molecule has 2 aromatic heterocycles. The first kappa shape index (κ1) is 15.7. The molecule has 23 heavy (non-hydrogen) atoms. The molecule has 0 aliphatic carbocycles. The van der Waals surface area contributed by atoms with Gasteiger partial charge in [-0.2, -0.15) is 0 Å².